The van der Waals surface area contributed by atoms with Crippen LogP contribution in [-0.2, 0) is 24.2 Å². The van der Waals surface area contributed by atoms with Crippen molar-refractivity contribution in [2.45, 2.75) is 51.7 Å². The van der Waals surface area contributed by atoms with E-state index >= 15 is 0 Å². The Balaban J connectivity index is 0.000000479. The summed E-state index contributed by atoms with van der Waals surface area (Å²) in [4.78, 5) is 42.7. The van der Waals surface area contributed by atoms with Crippen LogP contribution in [0, 0.1) is 0 Å². The summed E-state index contributed by atoms with van der Waals surface area (Å²) in [5.74, 6) is -1.26. The number of amides is 1. The zero-order chi connectivity index (χ0) is 27.2. The van der Waals surface area contributed by atoms with E-state index < -0.39 is 12.1 Å². The first kappa shape index (κ1) is 28.0. The highest BCUT2D eigenvalue weighted by Gasteiger charge is 2.38. The topological polar surface area (TPSA) is 144 Å². The summed E-state index contributed by atoms with van der Waals surface area (Å²) in [5.41, 5.74) is 1.03. The van der Waals surface area contributed by atoms with E-state index in [9.17, 15) is 22.8 Å². The molecule has 0 aliphatic carbocycles. The second kappa shape index (κ2) is 12.1. The molecule has 3 aromatic rings. The Hall–Kier alpha value is -3.62. The van der Waals surface area contributed by atoms with Gasteiger partial charge in [-0.05, 0) is 34.5 Å². The number of unbranched alkanes of at least 4 members (excludes halogenated alkanes) is 2. The van der Waals surface area contributed by atoms with Gasteiger partial charge in [0.2, 0.25) is 5.78 Å². The minimum Gasteiger partial charge on any atom is -0.475 e. The van der Waals surface area contributed by atoms with Gasteiger partial charge in [0.1, 0.15) is 11.6 Å². The number of hydrogen-bond acceptors (Lipinski definition) is 7. The highest BCUT2D eigenvalue weighted by molar-refractivity contribution is 9.18. The first-order valence-electron chi connectivity index (χ1n) is 11.3. The largest absolute Gasteiger partial charge is 0.490 e. The van der Waals surface area contributed by atoms with Crippen LogP contribution >= 0.6 is 15.9 Å². The Morgan fingerprint density at radius 1 is 1.19 bits per heavy atom. The second-order valence-electron chi connectivity index (χ2n) is 7.93. The van der Waals surface area contributed by atoms with E-state index in [1.54, 1.807) is 28.9 Å². The zero-order valence-corrected chi connectivity index (χ0v) is 21.2. The Morgan fingerprint density at radius 3 is 2.49 bits per heavy atom. The van der Waals surface area contributed by atoms with Gasteiger partial charge in [-0.25, -0.2) is 14.2 Å². The summed E-state index contributed by atoms with van der Waals surface area (Å²) in [5, 5.41) is 18.5. The van der Waals surface area contributed by atoms with Gasteiger partial charge >= 0.3 is 12.1 Å². The number of rotatable bonds is 8. The van der Waals surface area contributed by atoms with Gasteiger partial charge in [0, 0.05) is 43.9 Å². The molecule has 3 aromatic heterocycles. The number of carbonyl (C=O) groups is 2. The van der Waals surface area contributed by atoms with E-state index in [-0.39, 0.29) is 11.5 Å². The molecule has 11 nitrogen and oxygen atoms in total. The van der Waals surface area contributed by atoms with Crippen molar-refractivity contribution in [1.82, 2.24) is 29.5 Å². The van der Waals surface area contributed by atoms with Crippen molar-refractivity contribution < 1.29 is 27.9 Å². The van der Waals surface area contributed by atoms with Gasteiger partial charge < -0.3 is 10.4 Å². The number of aryl methyl sites for hydroxylation is 1. The number of aliphatic carboxylic acids is 1. The first-order chi connectivity index (χ1) is 17.5. The van der Waals surface area contributed by atoms with E-state index in [0.717, 1.165) is 30.4 Å². The zero-order valence-electron chi connectivity index (χ0n) is 19.6. The van der Waals surface area contributed by atoms with Gasteiger partial charge in [0.05, 0.1) is 10.2 Å². The van der Waals surface area contributed by atoms with Gasteiger partial charge in [-0.15, -0.1) is 10.2 Å². The van der Waals surface area contributed by atoms with Gasteiger partial charge in [0.25, 0.3) is 11.5 Å². The molecule has 0 atom stereocenters. The number of nitrogens with zero attached hydrogens (tertiary/aromatic N) is 6. The third kappa shape index (κ3) is 6.78. The predicted octanol–water partition coefficient (Wildman–Crippen LogP) is 3.06. The maximum absolute atomic E-state index is 13.1. The van der Waals surface area contributed by atoms with Crippen LogP contribution in [0.3, 0.4) is 0 Å². The monoisotopic (exact) mass is 585 g/mol. The van der Waals surface area contributed by atoms with Crippen molar-refractivity contribution >= 4 is 44.0 Å². The van der Waals surface area contributed by atoms with Crippen LogP contribution in [0.15, 0.2) is 34.3 Å². The molecule has 0 aromatic carbocycles. The van der Waals surface area contributed by atoms with Crippen molar-refractivity contribution in [2.24, 2.45) is 4.99 Å². The summed E-state index contributed by atoms with van der Waals surface area (Å²) >= 11 is 3.43. The number of pyridine rings is 1. The van der Waals surface area contributed by atoms with Crippen molar-refractivity contribution in [3.8, 4) is 0 Å². The fourth-order valence-electron chi connectivity index (χ4n) is 3.54. The van der Waals surface area contributed by atoms with Crippen LogP contribution in [0.4, 0.5) is 19.0 Å². The van der Waals surface area contributed by atoms with Crippen molar-refractivity contribution in [3.05, 3.63) is 51.8 Å². The molecule has 0 radical (unpaired) electrons. The normalized spacial score (nSPS) is 12.5. The molecule has 0 fully saturated rings. The highest BCUT2D eigenvalue weighted by atomic mass is 79.9. The average Bonchev–Trinajstić information content (AvgIpc) is 3.45. The number of aromatic nitrogens is 5. The molecule has 0 saturated heterocycles. The van der Waals surface area contributed by atoms with Crippen molar-refractivity contribution in [1.29, 1.82) is 0 Å². The molecular weight excluding hydrogens is 563 g/mol. The van der Waals surface area contributed by atoms with Crippen molar-refractivity contribution in [3.63, 3.8) is 0 Å². The summed E-state index contributed by atoms with van der Waals surface area (Å²) in [7, 11) is 0. The maximum Gasteiger partial charge on any atom is 0.490 e. The van der Waals surface area contributed by atoms with Crippen LogP contribution in [0.1, 0.15) is 47.9 Å². The molecular formula is C22H23BrF3N7O4. The molecule has 1 amide bonds. The lowest BCUT2D eigenvalue weighted by molar-refractivity contribution is -0.192. The molecule has 15 heteroatoms. The lowest BCUT2D eigenvalue weighted by Gasteiger charge is -2.12. The minimum atomic E-state index is -5.08. The van der Waals surface area contributed by atoms with Crippen LogP contribution in [-0.4, -0.2) is 58.5 Å². The standard InChI is InChI=1S/C20H22BrN7O2.C2HF3O2/c1-2-3-4-11-27-17-14(12-15(21)24-17)19(30)28-16(25-26-20(27)28)7-10-23-18(29)13-5-8-22-9-6-13;3-2(4,5)1(6)7/h5-6,8-9H,2-4,7,10-12H2,1H3,(H,23,29);(H,6,7). The summed E-state index contributed by atoms with van der Waals surface area (Å²) in [6, 6.07) is 3.30. The maximum atomic E-state index is 13.1. The Bertz CT molecular complexity index is 1370. The summed E-state index contributed by atoms with van der Waals surface area (Å²) < 4.78 is 36.0. The fraction of sp³-hybridized carbons (Fsp3) is 0.409. The van der Waals surface area contributed by atoms with E-state index in [1.807, 2.05) is 4.57 Å². The second-order valence-corrected chi connectivity index (χ2v) is 8.84. The van der Waals surface area contributed by atoms with Crippen LogP contribution < -0.4 is 10.9 Å². The van der Waals surface area contributed by atoms with Gasteiger partial charge in [-0.1, -0.05) is 19.8 Å². The fourth-order valence-corrected chi connectivity index (χ4v) is 3.99. The van der Waals surface area contributed by atoms with Crippen LogP contribution in [0.5, 0.6) is 0 Å². The number of carbonyl (C=O) groups excluding carboxylic acids is 1. The third-order valence-electron chi connectivity index (χ3n) is 5.30. The van der Waals surface area contributed by atoms with Gasteiger partial charge in [-0.2, -0.15) is 13.2 Å². The summed E-state index contributed by atoms with van der Waals surface area (Å²) in [6.45, 7) is 3.21. The molecule has 0 unspecified atom stereocenters. The average molecular weight is 586 g/mol. The Labute approximate surface area is 216 Å². The minimum absolute atomic E-state index is 0.148. The van der Waals surface area contributed by atoms with E-state index in [1.165, 1.54) is 0 Å². The first-order valence-corrected chi connectivity index (χ1v) is 12.0. The third-order valence-corrected chi connectivity index (χ3v) is 5.75. The van der Waals surface area contributed by atoms with E-state index in [0.29, 0.717) is 47.9 Å². The molecule has 0 spiro atoms. The number of carboxylic acids is 1. The van der Waals surface area contributed by atoms with Crippen molar-refractivity contribution in [2.75, 3.05) is 6.54 Å². The predicted molar refractivity (Wildman–Crippen MR) is 130 cm³/mol. The lowest BCUT2D eigenvalue weighted by Crippen LogP contribution is -2.28. The quantitative estimate of drug-likeness (QED) is 0.386. The summed E-state index contributed by atoms with van der Waals surface area (Å²) in [6.07, 6.45) is 2.07. The Kier molecular flexibility index (Phi) is 9.13. The Morgan fingerprint density at radius 2 is 1.86 bits per heavy atom. The smallest absolute Gasteiger partial charge is 0.475 e. The van der Waals surface area contributed by atoms with Gasteiger partial charge in [0.15, 0.2) is 0 Å². The molecule has 4 heterocycles. The SMILES string of the molecule is CCCCCn1c2c(c(=O)n3c(CCNC(=O)c4ccncc4)nnc13)CC(Br)=N2.O=C(O)C(F)(F)F. The van der Waals surface area contributed by atoms with Crippen LogP contribution in [0.2, 0.25) is 0 Å². The lowest BCUT2D eigenvalue weighted by atomic mass is 10.2. The molecule has 0 bridgehead atoms. The molecule has 2 N–H and O–H groups in total. The molecule has 1 aliphatic heterocycles. The number of aliphatic imine (C=N–C) groups is 1. The number of alkyl halides is 3. The van der Waals surface area contributed by atoms with Crippen LogP contribution in [0.25, 0.3) is 5.78 Å². The molecule has 4 rings (SSSR count). The number of carboxylic acid groups (broad SMARTS) is 1. The number of hydrogen-bond donors (Lipinski definition) is 2. The highest BCUT2D eigenvalue weighted by Crippen LogP contribution is 2.28. The molecule has 198 valence electrons. The molecule has 1 aliphatic rings. The number of halogens is 4. The molecule has 0 saturated carbocycles. The van der Waals surface area contributed by atoms with Gasteiger partial charge in [-0.3, -0.25) is 19.1 Å². The number of nitrogens with one attached hydrogen (secondary N) is 1. The number of fused-ring (bicyclic) bond motifs is 2. The van der Waals surface area contributed by atoms with E-state index in [4.69, 9.17) is 9.90 Å². The van der Waals surface area contributed by atoms with E-state index in [2.05, 4.69) is 48.3 Å². The molecule has 37 heavy (non-hydrogen) atoms.